The smallest absolute Gasteiger partial charge is 0.137 e. The van der Waals surface area contributed by atoms with Gasteiger partial charge in [0.2, 0.25) is 0 Å². The first-order valence-electron chi connectivity index (χ1n) is 6.27. The number of ether oxygens (including phenoxy) is 1. The van der Waals surface area contributed by atoms with Crippen LogP contribution in [0.1, 0.15) is 44.3 Å². The van der Waals surface area contributed by atoms with Gasteiger partial charge in [-0.3, -0.25) is 0 Å². The maximum atomic E-state index is 9.44. The van der Waals surface area contributed by atoms with Crippen LogP contribution in [0.2, 0.25) is 5.02 Å². The third-order valence-electron chi connectivity index (χ3n) is 3.39. The maximum Gasteiger partial charge on any atom is 0.137 e. The molecular weight excluding hydrogens is 236 g/mol. The molecule has 0 heterocycles. The zero-order chi connectivity index (χ0) is 12.3. The Balaban J connectivity index is 1.96. The highest BCUT2D eigenvalue weighted by Crippen LogP contribution is 2.30. The molecule has 1 aromatic carbocycles. The number of rotatable bonds is 4. The second-order valence-corrected chi connectivity index (χ2v) is 5.23. The molecule has 1 aliphatic rings. The lowest BCUT2D eigenvalue weighted by Gasteiger charge is -2.13. The Morgan fingerprint density at radius 3 is 2.71 bits per heavy atom. The number of hydrogen-bond acceptors (Lipinski definition) is 2. The zero-order valence-electron chi connectivity index (χ0n) is 10.2. The van der Waals surface area contributed by atoms with E-state index in [0.717, 1.165) is 17.9 Å². The normalized spacial score (nSPS) is 18.3. The molecule has 0 bridgehead atoms. The van der Waals surface area contributed by atoms with E-state index in [1.54, 1.807) is 13.0 Å². The van der Waals surface area contributed by atoms with Gasteiger partial charge < -0.3 is 9.84 Å². The Hall–Kier alpha value is -0.730. The van der Waals surface area contributed by atoms with Crippen LogP contribution < -0.4 is 4.74 Å². The van der Waals surface area contributed by atoms with Gasteiger partial charge in [0.25, 0.3) is 0 Å². The average molecular weight is 255 g/mol. The van der Waals surface area contributed by atoms with Crippen LogP contribution in [0.5, 0.6) is 5.75 Å². The molecule has 0 aliphatic heterocycles. The van der Waals surface area contributed by atoms with Crippen LogP contribution in [0.25, 0.3) is 0 Å². The molecule has 1 unspecified atom stereocenters. The number of hydrogen-bond donors (Lipinski definition) is 1. The van der Waals surface area contributed by atoms with Crippen molar-refractivity contribution in [2.45, 2.75) is 38.7 Å². The van der Waals surface area contributed by atoms with Gasteiger partial charge in [-0.1, -0.05) is 30.5 Å². The van der Waals surface area contributed by atoms with E-state index in [1.165, 1.54) is 25.7 Å². The minimum atomic E-state index is -0.489. The van der Waals surface area contributed by atoms with Crippen LogP contribution in [-0.4, -0.2) is 11.7 Å². The highest BCUT2D eigenvalue weighted by molar-refractivity contribution is 6.32. The first-order valence-corrected chi connectivity index (χ1v) is 6.65. The van der Waals surface area contributed by atoms with Gasteiger partial charge in [-0.25, -0.2) is 0 Å². The molecule has 0 spiro atoms. The summed E-state index contributed by atoms with van der Waals surface area (Å²) in [5, 5.41) is 10.0. The molecule has 0 aromatic heterocycles. The summed E-state index contributed by atoms with van der Waals surface area (Å²) >= 11 is 6.12. The third-order valence-corrected chi connectivity index (χ3v) is 3.68. The van der Waals surface area contributed by atoms with E-state index >= 15 is 0 Å². The summed E-state index contributed by atoms with van der Waals surface area (Å²) in [7, 11) is 0. The van der Waals surface area contributed by atoms with Gasteiger partial charge in [0.05, 0.1) is 17.7 Å². The Bertz CT molecular complexity index is 370. The van der Waals surface area contributed by atoms with Crippen LogP contribution in [0, 0.1) is 5.92 Å². The van der Waals surface area contributed by atoms with Crippen LogP contribution in [0.15, 0.2) is 18.2 Å². The number of aliphatic hydroxyl groups is 1. The fourth-order valence-corrected chi connectivity index (χ4v) is 2.52. The average Bonchev–Trinajstić information content (AvgIpc) is 2.80. The third kappa shape index (κ3) is 3.36. The summed E-state index contributed by atoms with van der Waals surface area (Å²) in [5.41, 5.74) is 0.822. The second-order valence-electron chi connectivity index (χ2n) is 4.83. The summed E-state index contributed by atoms with van der Waals surface area (Å²) in [6.45, 7) is 2.48. The molecule has 2 rings (SSSR count). The molecular formula is C14H19ClO2. The van der Waals surface area contributed by atoms with Crippen molar-refractivity contribution in [2.75, 3.05) is 6.61 Å². The molecule has 17 heavy (non-hydrogen) atoms. The summed E-state index contributed by atoms with van der Waals surface area (Å²) in [6, 6.07) is 5.48. The van der Waals surface area contributed by atoms with E-state index in [-0.39, 0.29) is 0 Å². The Morgan fingerprint density at radius 1 is 1.41 bits per heavy atom. The van der Waals surface area contributed by atoms with Gasteiger partial charge in [0.1, 0.15) is 5.75 Å². The van der Waals surface area contributed by atoms with Gasteiger partial charge in [-0.15, -0.1) is 0 Å². The summed E-state index contributed by atoms with van der Waals surface area (Å²) < 4.78 is 5.74. The molecule has 0 saturated heterocycles. The molecule has 1 saturated carbocycles. The molecule has 1 aromatic rings. The van der Waals surface area contributed by atoms with Crippen LogP contribution in [0.3, 0.4) is 0 Å². The topological polar surface area (TPSA) is 29.5 Å². The highest BCUT2D eigenvalue weighted by atomic mass is 35.5. The standard InChI is InChI=1S/C14H19ClO2/c1-10(16)12-6-7-14(13(15)8-12)17-9-11-4-2-3-5-11/h6-8,10-11,16H,2-5,9H2,1H3. The number of aliphatic hydroxyl groups excluding tert-OH is 1. The molecule has 1 aliphatic carbocycles. The van der Waals surface area contributed by atoms with E-state index in [2.05, 4.69) is 0 Å². The van der Waals surface area contributed by atoms with E-state index in [9.17, 15) is 5.11 Å². The fourth-order valence-electron chi connectivity index (χ4n) is 2.28. The quantitative estimate of drug-likeness (QED) is 0.881. The van der Waals surface area contributed by atoms with Crippen molar-refractivity contribution in [2.24, 2.45) is 5.92 Å². The first kappa shape index (κ1) is 12.7. The highest BCUT2D eigenvalue weighted by Gasteiger charge is 2.16. The Kier molecular flexibility index (Phi) is 4.30. The summed E-state index contributed by atoms with van der Waals surface area (Å²) in [6.07, 6.45) is 4.69. The van der Waals surface area contributed by atoms with Gasteiger partial charge in [-0.05, 0) is 43.4 Å². The zero-order valence-corrected chi connectivity index (χ0v) is 10.9. The second kappa shape index (κ2) is 5.74. The fraction of sp³-hybridized carbons (Fsp3) is 0.571. The molecule has 2 nitrogen and oxygen atoms in total. The lowest BCUT2D eigenvalue weighted by molar-refractivity contribution is 0.199. The Morgan fingerprint density at radius 2 is 2.12 bits per heavy atom. The van der Waals surface area contributed by atoms with Crippen molar-refractivity contribution < 1.29 is 9.84 Å². The van der Waals surface area contributed by atoms with Gasteiger partial charge in [0, 0.05) is 0 Å². The van der Waals surface area contributed by atoms with Crippen LogP contribution in [0.4, 0.5) is 0 Å². The Labute approximate surface area is 108 Å². The van der Waals surface area contributed by atoms with Crippen molar-refractivity contribution in [3.8, 4) is 5.75 Å². The molecule has 0 radical (unpaired) electrons. The number of benzene rings is 1. The monoisotopic (exact) mass is 254 g/mol. The van der Waals surface area contributed by atoms with Crippen LogP contribution in [-0.2, 0) is 0 Å². The van der Waals surface area contributed by atoms with E-state index < -0.39 is 6.10 Å². The molecule has 94 valence electrons. The molecule has 3 heteroatoms. The van der Waals surface area contributed by atoms with Crippen molar-refractivity contribution in [3.63, 3.8) is 0 Å². The summed E-state index contributed by atoms with van der Waals surface area (Å²) in [5.74, 6) is 1.41. The largest absolute Gasteiger partial charge is 0.492 e. The first-order chi connectivity index (χ1) is 8.16. The summed E-state index contributed by atoms with van der Waals surface area (Å²) in [4.78, 5) is 0. The van der Waals surface area contributed by atoms with Gasteiger partial charge in [-0.2, -0.15) is 0 Å². The van der Waals surface area contributed by atoms with Crippen molar-refractivity contribution >= 4 is 11.6 Å². The predicted molar refractivity (Wildman–Crippen MR) is 69.5 cm³/mol. The van der Waals surface area contributed by atoms with Crippen molar-refractivity contribution in [1.82, 2.24) is 0 Å². The minimum Gasteiger partial charge on any atom is -0.492 e. The van der Waals surface area contributed by atoms with Crippen molar-refractivity contribution in [3.05, 3.63) is 28.8 Å². The molecule has 1 atom stereocenters. The molecule has 0 amide bonds. The minimum absolute atomic E-state index is 0.489. The predicted octanol–water partition coefficient (Wildman–Crippen LogP) is 3.96. The molecule has 1 fully saturated rings. The van der Waals surface area contributed by atoms with Gasteiger partial charge in [0.15, 0.2) is 0 Å². The van der Waals surface area contributed by atoms with E-state index in [1.807, 2.05) is 12.1 Å². The lowest BCUT2D eigenvalue weighted by Crippen LogP contribution is -2.08. The van der Waals surface area contributed by atoms with Gasteiger partial charge >= 0.3 is 0 Å². The maximum absolute atomic E-state index is 9.44. The lowest BCUT2D eigenvalue weighted by atomic mass is 10.1. The molecule has 1 N–H and O–H groups in total. The van der Waals surface area contributed by atoms with Crippen molar-refractivity contribution in [1.29, 1.82) is 0 Å². The van der Waals surface area contributed by atoms with E-state index in [0.29, 0.717) is 10.9 Å². The van der Waals surface area contributed by atoms with Crippen LogP contribution >= 0.6 is 11.6 Å². The number of halogens is 1. The van der Waals surface area contributed by atoms with E-state index in [4.69, 9.17) is 16.3 Å². The SMILES string of the molecule is CC(O)c1ccc(OCC2CCCC2)c(Cl)c1.